The molecule has 0 saturated carbocycles. The Morgan fingerprint density at radius 3 is 2.89 bits per heavy atom. The Morgan fingerprint density at radius 1 is 1.33 bits per heavy atom. The molecular formula is C13H11FN4. The molecule has 1 N–H and O–H groups in total. The van der Waals surface area contributed by atoms with Gasteiger partial charge >= 0.3 is 0 Å². The van der Waals surface area contributed by atoms with E-state index in [9.17, 15) is 4.39 Å². The average molecular weight is 242 g/mol. The van der Waals surface area contributed by atoms with E-state index < -0.39 is 0 Å². The minimum atomic E-state index is -0.272. The van der Waals surface area contributed by atoms with Crippen molar-refractivity contribution in [1.82, 2.24) is 9.97 Å². The molecule has 1 aromatic heterocycles. The van der Waals surface area contributed by atoms with Crippen LogP contribution in [0, 0.1) is 24.1 Å². The summed E-state index contributed by atoms with van der Waals surface area (Å²) in [5.74, 6) is 0.810. The van der Waals surface area contributed by atoms with Crippen molar-refractivity contribution in [2.24, 2.45) is 0 Å². The molecule has 2 aromatic rings. The molecule has 5 heteroatoms. The molecule has 0 aliphatic heterocycles. The molecule has 0 radical (unpaired) electrons. The van der Waals surface area contributed by atoms with Gasteiger partial charge in [-0.15, -0.1) is 0 Å². The van der Waals surface area contributed by atoms with Crippen LogP contribution in [0.4, 0.5) is 10.2 Å². The van der Waals surface area contributed by atoms with Crippen LogP contribution in [0.2, 0.25) is 0 Å². The molecule has 0 spiro atoms. The number of rotatable bonds is 3. The van der Waals surface area contributed by atoms with Crippen molar-refractivity contribution in [2.45, 2.75) is 13.5 Å². The Kier molecular flexibility index (Phi) is 3.49. The van der Waals surface area contributed by atoms with Gasteiger partial charge in [0.2, 0.25) is 0 Å². The number of hydrogen-bond donors (Lipinski definition) is 1. The zero-order chi connectivity index (χ0) is 13.0. The molecule has 1 heterocycles. The third-order valence-corrected chi connectivity index (χ3v) is 2.32. The maximum Gasteiger partial charge on any atom is 0.146 e. The second-order valence-corrected chi connectivity index (χ2v) is 3.78. The summed E-state index contributed by atoms with van der Waals surface area (Å²) >= 11 is 0. The van der Waals surface area contributed by atoms with Gasteiger partial charge in [0.05, 0.1) is 0 Å². The lowest BCUT2D eigenvalue weighted by molar-refractivity contribution is 0.626. The number of aromatic nitrogens is 2. The quantitative estimate of drug-likeness (QED) is 0.897. The van der Waals surface area contributed by atoms with E-state index >= 15 is 0 Å². The van der Waals surface area contributed by atoms with E-state index in [0.717, 1.165) is 5.56 Å². The summed E-state index contributed by atoms with van der Waals surface area (Å²) in [4.78, 5) is 8.10. The van der Waals surface area contributed by atoms with Crippen LogP contribution in [-0.4, -0.2) is 9.97 Å². The molecule has 0 atom stereocenters. The van der Waals surface area contributed by atoms with Gasteiger partial charge in [0.1, 0.15) is 29.2 Å². The number of anilines is 1. The molecule has 90 valence electrons. The third-order valence-electron chi connectivity index (χ3n) is 2.32. The number of nitriles is 1. The lowest BCUT2D eigenvalue weighted by Gasteiger charge is -2.06. The summed E-state index contributed by atoms with van der Waals surface area (Å²) in [6.45, 7) is 2.16. The fourth-order valence-corrected chi connectivity index (χ4v) is 1.56. The van der Waals surface area contributed by atoms with E-state index in [4.69, 9.17) is 5.26 Å². The second kappa shape index (κ2) is 5.23. The third kappa shape index (κ3) is 3.01. The molecule has 0 aliphatic rings. The van der Waals surface area contributed by atoms with Crippen molar-refractivity contribution >= 4 is 5.82 Å². The van der Waals surface area contributed by atoms with E-state index in [1.54, 1.807) is 19.1 Å². The number of benzene rings is 1. The van der Waals surface area contributed by atoms with Gasteiger partial charge < -0.3 is 5.32 Å². The first kappa shape index (κ1) is 12.0. The Balaban J connectivity index is 2.11. The lowest BCUT2D eigenvalue weighted by Crippen LogP contribution is -2.04. The Morgan fingerprint density at radius 2 is 2.17 bits per heavy atom. The minimum Gasteiger partial charge on any atom is -0.366 e. The van der Waals surface area contributed by atoms with Crippen LogP contribution in [0.1, 0.15) is 17.1 Å². The second-order valence-electron chi connectivity index (χ2n) is 3.78. The van der Waals surface area contributed by atoms with Crippen LogP contribution in [0.5, 0.6) is 0 Å². The monoisotopic (exact) mass is 242 g/mol. The smallest absolute Gasteiger partial charge is 0.146 e. The molecule has 0 fully saturated rings. The van der Waals surface area contributed by atoms with Crippen LogP contribution >= 0.6 is 0 Å². The zero-order valence-electron chi connectivity index (χ0n) is 9.81. The minimum absolute atomic E-state index is 0.272. The first-order valence-electron chi connectivity index (χ1n) is 5.41. The Labute approximate surface area is 104 Å². The summed E-state index contributed by atoms with van der Waals surface area (Å²) in [6, 6.07) is 9.84. The number of hydrogen-bond acceptors (Lipinski definition) is 4. The maximum atomic E-state index is 13.0. The summed E-state index contributed by atoms with van der Waals surface area (Å²) < 4.78 is 13.0. The van der Waals surface area contributed by atoms with Gasteiger partial charge in [-0.25, -0.2) is 14.4 Å². The van der Waals surface area contributed by atoms with E-state index in [2.05, 4.69) is 15.3 Å². The van der Waals surface area contributed by atoms with E-state index in [-0.39, 0.29) is 5.82 Å². The van der Waals surface area contributed by atoms with Crippen molar-refractivity contribution in [3.05, 3.63) is 53.2 Å². The fourth-order valence-electron chi connectivity index (χ4n) is 1.56. The standard InChI is InChI=1S/C13H11FN4/c1-9-17-12(7-15)6-13(18-9)16-8-10-3-2-4-11(14)5-10/h2-6H,8H2,1H3,(H,16,17,18). The van der Waals surface area contributed by atoms with E-state index in [1.807, 2.05) is 12.1 Å². The normalized spacial score (nSPS) is 9.83. The van der Waals surface area contributed by atoms with Gasteiger partial charge in [-0.3, -0.25) is 0 Å². The molecule has 0 saturated heterocycles. The fraction of sp³-hybridized carbons (Fsp3) is 0.154. The van der Waals surface area contributed by atoms with Gasteiger partial charge in [-0.05, 0) is 24.6 Å². The molecule has 1 aromatic carbocycles. The maximum absolute atomic E-state index is 13.0. The van der Waals surface area contributed by atoms with Gasteiger partial charge in [0, 0.05) is 12.6 Å². The predicted molar refractivity (Wildman–Crippen MR) is 65.2 cm³/mol. The van der Waals surface area contributed by atoms with Crippen molar-refractivity contribution in [2.75, 3.05) is 5.32 Å². The SMILES string of the molecule is Cc1nc(C#N)cc(NCc2cccc(F)c2)n1. The number of nitrogens with one attached hydrogen (secondary N) is 1. The van der Waals surface area contributed by atoms with Crippen LogP contribution in [-0.2, 0) is 6.54 Å². The summed E-state index contributed by atoms with van der Waals surface area (Å²) in [5, 5.41) is 11.8. The van der Waals surface area contributed by atoms with Crippen LogP contribution in [0.15, 0.2) is 30.3 Å². The van der Waals surface area contributed by atoms with Crippen LogP contribution < -0.4 is 5.32 Å². The number of aryl methyl sites for hydroxylation is 1. The summed E-state index contributed by atoms with van der Waals surface area (Å²) in [6.07, 6.45) is 0. The molecule has 0 unspecified atom stereocenters. The molecular weight excluding hydrogens is 231 g/mol. The molecule has 2 rings (SSSR count). The first-order valence-corrected chi connectivity index (χ1v) is 5.41. The molecule has 0 amide bonds. The average Bonchev–Trinajstić information content (AvgIpc) is 2.36. The van der Waals surface area contributed by atoms with Crippen molar-refractivity contribution in [1.29, 1.82) is 5.26 Å². The van der Waals surface area contributed by atoms with Gasteiger partial charge in [-0.1, -0.05) is 12.1 Å². The highest BCUT2D eigenvalue weighted by molar-refractivity contribution is 5.40. The highest BCUT2D eigenvalue weighted by Crippen LogP contribution is 2.09. The molecule has 4 nitrogen and oxygen atoms in total. The van der Waals surface area contributed by atoms with Crippen LogP contribution in [0.3, 0.4) is 0 Å². The highest BCUT2D eigenvalue weighted by Gasteiger charge is 2.01. The van der Waals surface area contributed by atoms with Crippen molar-refractivity contribution in [3.63, 3.8) is 0 Å². The highest BCUT2D eigenvalue weighted by atomic mass is 19.1. The van der Waals surface area contributed by atoms with Crippen molar-refractivity contribution in [3.8, 4) is 6.07 Å². The number of halogens is 1. The Hall–Kier alpha value is -2.48. The molecule has 0 bridgehead atoms. The zero-order valence-corrected chi connectivity index (χ0v) is 9.81. The summed E-state index contributed by atoms with van der Waals surface area (Å²) in [5.41, 5.74) is 1.12. The number of nitrogens with zero attached hydrogens (tertiary/aromatic N) is 3. The first-order chi connectivity index (χ1) is 8.67. The van der Waals surface area contributed by atoms with Gasteiger partial charge in [0.25, 0.3) is 0 Å². The van der Waals surface area contributed by atoms with Gasteiger partial charge in [-0.2, -0.15) is 5.26 Å². The predicted octanol–water partition coefficient (Wildman–Crippen LogP) is 2.41. The van der Waals surface area contributed by atoms with Gasteiger partial charge in [0.15, 0.2) is 0 Å². The molecule has 18 heavy (non-hydrogen) atoms. The van der Waals surface area contributed by atoms with Crippen LogP contribution in [0.25, 0.3) is 0 Å². The van der Waals surface area contributed by atoms with Crippen molar-refractivity contribution < 1.29 is 4.39 Å². The largest absolute Gasteiger partial charge is 0.366 e. The van der Waals surface area contributed by atoms with E-state index in [1.165, 1.54) is 12.1 Å². The van der Waals surface area contributed by atoms with E-state index in [0.29, 0.717) is 23.9 Å². The topological polar surface area (TPSA) is 61.6 Å². The lowest BCUT2D eigenvalue weighted by atomic mass is 10.2. The summed E-state index contributed by atoms with van der Waals surface area (Å²) in [7, 11) is 0. The molecule has 0 aliphatic carbocycles. The Bertz CT molecular complexity index is 604.